The number of nitriles is 1. The van der Waals surface area contributed by atoms with Crippen LogP contribution in [0.1, 0.15) is 75.5 Å². The molecule has 0 saturated heterocycles. The number of aryl methyl sites for hydroxylation is 1. The third-order valence-corrected chi connectivity index (χ3v) is 7.65. The smallest absolute Gasteiger partial charge is 0.300 e. The van der Waals surface area contributed by atoms with Crippen LogP contribution >= 0.6 is 0 Å². The first-order valence-electron chi connectivity index (χ1n) is 13.8. The average molecular weight is 555 g/mol. The topological polar surface area (TPSA) is 27.0 Å². The van der Waals surface area contributed by atoms with Gasteiger partial charge in [0.1, 0.15) is 0 Å². The minimum Gasteiger partial charge on any atom is -0.300 e. The Bertz CT molecular complexity index is 973. The fourth-order valence-electron chi connectivity index (χ4n) is 5.65. The van der Waals surface area contributed by atoms with Gasteiger partial charge in [-0.15, -0.1) is 0 Å². The molecule has 0 N–H and O–H groups in total. The van der Waals surface area contributed by atoms with E-state index in [1.165, 1.54) is 12.5 Å². The highest BCUT2D eigenvalue weighted by Gasteiger charge is 2.59. The molecule has 1 fully saturated rings. The van der Waals surface area contributed by atoms with Gasteiger partial charge in [-0.05, 0) is 74.1 Å². The van der Waals surface area contributed by atoms with Gasteiger partial charge in [0.2, 0.25) is 0 Å². The number of rotatable bonds is 11. The Morgan fingerprint density at radius 3 is 1.79 bits per heavy atom. The average Bonchev–Trinajstić information content (AvgIpc) is 3.36. The summed E-state index contributed by atoms with van der Waals surface area (Å²) in [6.45, 7) is 7.80. The quantitative estimate of drug-likeness (QED) is 0.259. The zero-order chi connectivity index (χ0) is 29.1. The van der Waals surface area contributed by atoms with Gasteiger partial charge in [-0.2, -0.15) is 31.6 Å². The van der Waals surface area contributed by atoms with Crippen LogP contribution in [0, 0.1) is 23.2 Å². The molecule has 1 aliphatic carbocycles. The fourth-order valence-corrected chi connectivity index (χ4v) is 5.65. The number of hydrogen-bond donors (Lipinski definition) is 0. The molecule has 0 aliphatic heterocycles. The van der Waals surface area contributed by atoms with Crippen molar-refractivity contribution in [3.8, 4) is 6.07 Å². The van der Waals surface area contributed by atoms with E-state index in [1.807, 2.05) is 18.2 Å². The van der Waals surface area contributed by atoms with E-state index in [4.69, 9.17) is 5.26 Å². The van der Waals surface area contributed by atoms with Crippen LogP contribution in [0.25, 0.3) is 0 Å². The first-order chi connectivity index (χ1) is 18.4. The normalized spacial score (nSPS) is 20.3. The SMILES string of the molecule is CC#N.CCCN(CCc1ccccc1)C(CC)CCc1ccc(C2CC(C(F)(F)F)C(C(F)(F)F)C2)cc1. The molecule has 39 heavy (non-hydrogen) atoms. The van der Waals surface area contributed by atoms with Crippen molar-refractivity contribution in [2.24, 2.45) is 11.8 Å². The van der Waals surface area contributed by atoms with Gasteiger partial charge in [-0.1, -0.05) is 68.4 Å². The lowest BCUT2D eigenvalue weighted by atomic mass is 9.94. The van der Waals surface area contributed by atoms with Gasteiger partial charge >= 0.3 is 12.4 Å². The van der Waals surface area contributed by atoms with E-state index in [1.54, 1.807) is 18.2 Å². The Morgan fingerprint density at radius 1 is 0.821 bits per heavy atom. The van der Waals surface area contributed by atoms with E-state index < -0.39 is 42.9 Å². The standard InChI is InChI=1S/C29H37F6N.C2H3N/c1-3-17-36(18-16-21-8-6-5-7-9-21)25(4-2)15-12-22-10-13-23(14-11-22)24-19-26(28(30,31)32)27(20-24)29(33,34)35;1-2-3/h5-11,13-14,24-27H,3-4,12,15-20H2,1-2H3;1H3. The Kier molecular flexibility index (Phi) is 12.8. The summed E-state index contributed by atoms with van der Waals surface area (Å²) in [5.74, 6) is -5.38. The zero-order valence-corrected chi connectivity index (χ0v) is 23.0. The van der Waals surface area contributed by atoms with Gasteiger partial charge in [-0.3, -0.25) is 0 Å². The van der Waals surface area contributed by atoms with Crippen molar-refractivity contribution < 1.29 is 26.3 Å². The van der Waals surface area contributed by atoms with E-state index in [0.717, 1.165) is 50.8 Å². The van der Waals surface area contributed by atoms with E-state index in [-0.39, 0.29) is 0 Å². The van der Waals surface area contributed by atoms with Crippen LogP contribution in [-0.4, -0.2) is 36.4 Å². The highest BCUT2D eigenvalue weighted by atomic mass is 19.4. The summed E-state index contributed by atoms with van der Waals surface area (Å²) in [6, 6.07) is 19.8. The molecular formula is C31H40F6N2. The predicted octanol–water partition coefficient (Wildman–Crippen LogP) is 9.12. The molecular weight excluding hydrogens is 514 g/mol. The van der Waals surface area contributed by atoms with E-state index in [9.17, 15) is 26.3 Å². The lowest BCUT2D eigenvalue weighted by Crippen LogP contribution is -2.37. The van der Waals surface area contributed by atoms with Crippen LogP contribution in [0.2, 0.25) is 0 Å². The lowest BCUT2D eigenvalue weighted by Gasteiger charge is -2.31. The Morgan fingerprint density at radius 2 is 1.33 bits per heavy atom. The maximum Gasteiger partial charge on any atom is 0.392 e. The molecule has 0 amide bonds. The number of alkyl halides is 6. The van der Waals surface area contributed by atoms with Crippen molar-refractivity contribution >= 4 is 0 Å². The van der Waals surface area contributed by atoms with Crippen LogP contribution < -0.4 is 0 Å². The van der Waals surface area contributed by atoms with Gasteiger partial charge in [0, 0.05) is 19.5 Å². The fraction of sp³-hybridized carbons (Fsp3) is 0.581. The first kappa shape index (κ1) is 32.7. The minimum atomic E-state index is -4.84. The summed E-state index contributed by atoms with van der Waals surface area (Å²) >= 11 is 0. The highest BCUT2D eigenvalue weighted by Crippen LogP contribution is 2.54. The summed E-state index contributed by atoms with van der Waals surface area (Å²) < 4.78 is 79.6. The molecule has 2 aromatic carbocycles. The Hall–Kier alpha value is -2.53. The van der Waals surface area contributed by atoms with E-state index >= 15 is 0 Å². The third-order valence-electron chi connectivity index (χ3n) is 7.65. The molecule has 2 nitrogen and oxygen atoms in total. The summed E-state index contributed by atoms with van der Waals surface area (Å²) in [4.78, 5) is 2.54. The van der Waals surface area contributed by atoms with Crippen molar-refractivity contribution in [1.82, 2.24) is 4.90 Å². The van der Waals surface area contributed by atoms with E-state index in [0.29, 0.717) is 11.6 Å². The number of hydrogen-bond acceptors (Lipinski definition) is 2. The molecule has 0 bridgehead atoms. The summed E-state index contributed by atoms with van der Waals surface area (Å²) in [5.41, 5.74) is 2.95. The Balaban J connectivity index is 0.00000170. The molecule has 1 aliphatic rings. The highest BCUT2D eigenvalue weighted by molar-refractivity contribution is 5.27. The maximum absolute atomic E-state index is 13.3. The monoisotopic (exact) mass is 554 g/mol. The number of benzene rings is 2. The third kappa shape index (κ3) is 10.2. The summed E-state index contributed by atoms with van der Waals surface area (Å²) in [5, 5.41) is 7.32. The molecule has 8 heteroatoms. The molecule has 3 rings (SSSR count). The second-order valence-electron chi connectivity index (χ2n) is 10.3. The van der Waals surface area contributed by atoms with Crippen LogP contribution in [0.5, 0.6) is 0 Å². The molecule has 2 aromatic rings. The van der Waals surface area contributed by atoms with Crippen molar-refractivity contribution in [3.05, 3.63) is 71.3 Å². The first-order valence-corrected chi connectivity index (χ1v) is 13.8. The number of halogens is 6. The predicted molar refractivity (Wildman–Crippen MR) is 143 cm³/mol. The van der Waals surface area contributed by atoms with Gasteiger partial charge in [-0.25, -0.2) is 0 Å². The maximum atomic E-state index is 13.3. The number of nitrogens with zero attached hydrogens (tertiary/aromatic N) is 2. The zero-order valence-electron chi connectivity index (χ0n) is 23.0. The second kappa shape index (κ2) is 15.3. The second-order valence-corrected chi connectivity index (χ2v) is 10.3. The van der Waals surface area contributed by atoms with E-state index in [2.05, 4.69) is 43.0 Å². The Labute approximate surface area is 229 Å². The molecule has 216 valence electrons. The molecule has 1 saturated carbocycles. The van der Waals surface area contributed by atoms with Gasteiger partial charge < -0.3 is 4.90 Å². The van der Waals surface area contributed by atoms with Crippen molar-refractivity contribution in [1.29, 1.82) is 5.26 Å². The lowest BCUT2D eigenvalue weighted by molar-refractivity contribution is -0.245. The van der Waals surface area contributed by atoms with Gasteiger partial charge in [0.25, 0.3) is 0 Å². The van der Waals surface area contributed by atoms with Crippen LogP contribution in [0.3, 0.4) is 0 Å². The summed E-state index contributed by atoms with van der Waals surface area (Å²) in [7, 11) is 0. The largest absolute Gasteiger partial charge is 0.392 e. The van der Waals surface area contributed by atoms with Gasteiger partial charge in [0.05, 0.1) is 17.9 Å². The molecule has 0 aromatic heterocycles. The van der Waals surface area contributed by atoms with Crippen molar-refractivity contribution in [3.63, 3.8) is 0 Å². The summed E-state index contributed by atoms with van der Waals surface area (Å²) in [6.07, 6.45) is -5.82. The molecule has 0 spiro atoms. The minimum absolute atomic E-state index is 0.420. The van der Waals surface area contributed by atoms with Crippen LogP contribution in [0.15, 0.2) is 54.6 Å². The molecule has 3 unspecified atom stereocenters. The van der Waals surface area contributed by atoms with Crippen molar-refractivity contribution in [2.45, 2.75) is 90.0 Å². The molecule has 3 atom stereocenters. The van der Waals surface area contributed by atoms with Crippen LogP contribution in [0.4, 0.5) is 26.3 Å². The molecule has 0 heterocycles. The van der Waals surface area contributed by atoms with Crippen LogP contribution in [-0.2, 0) is 12.8 Å². The molecule has 0 radical (unpaired) electrons. The van der Waals surface area contributed by atoms with Crippen molar-refractivity contribution in [2.75, 3.05) is 13.1 Å². The van der Waals surface area contributed by atoms with Gasteiger partial charge in [0.15, 0.2) is 0 Å².